The third-order valence-electron chi connectivity index (χ3n) is 4.94. The molecule has 1 fully saturated rings. The summed E-state index contributed by atoms with van der Waals surface area (Å²) in [6, 6.07) is 17.3. The highest BCUT2D eigenvalue weighted by molar-refractivity contribution is 9.10. The van der Waals surface area contributed by atoms with E-state index in [4.69, 9.17) is 4.74 Å². The summed E-state index contributed by atoms with van der Waals surface area (Å²) in [5, 5.41) is 2.09. The first-order chi connectivity index (χ1) is 15.8. The van der Waals surface area contributed by atoms with E-state index in [1.54, 1.807) is 18.2 Å². The largest absolute Gasteiger partial charge is 0.488 e. The number of nitrogens with zero attached hydrogens (tertiary/aromatic N) is 1. The van der Waals surface area contributed by atoms with E-state index in [-0.39, 0.29) is 17.9 Å². The number of imide groups is 2. The lowest BCUT2D eigenvalue weighted by Crippen LogP contribution is -2.54. The van der Waals surface area contributed by atoms with E-state index in [9.17, 15) is 18.8 Å². The Labute approximate surface area is 197 Å². The molecule has 1 aliphatic heterocycles. The molecule has 1 aliphatic rings. The van der Waals surface area contributed by atoms with Crippen LogP contribution in [-0.2, 0) is 16.2 Å². The first-order valence-electron chi connectivity index (χ1n) is 9.97. The van der Waals surface area contributed by atoms with Gasteiger partial charge in [0.2, 0.25) is 0 Å². The second-order valence-electron chi connectivity index (χ2n) is 7.37. The van der Waals surface area contributed by atoms with Gasteiger partial charge >= 0.3 is 6.03 Å². The number of carbonyl (C=O) groups excluding carboxylic acids is 3. The summed E-state index contributed by atoms with van der Waals surface area (Å²) >= 11 is 3.38. The number of carbonyl (C=O) groups is 3. The molecule has 1 heterocycles. The van der Waals surface area contributed by atoms with E-state index in [0.717, 1.165) is 17.2 Å². The SMILES string of the molecule is Cc1cccc(COc2ccc(Br)cc2/C=C2/C(=O)NC(=O)N(c3ccccc3F)C2=O)c1. The summed E-state index contributed by atoms with van der Waals surface area (Å²) in [5.74, 6) is -2.14. The molecule has 0 aliphatic carbocycles. The van der Waals surface area contributed by atoms with Crippen LogP contribution in [0.15, 0.2) is 76.8 Å². The van der Waals surface area contributed by atoms with Gasteiger partial charge in [-0.25, -0.2) is 14.1 Å². The summed E-state index contributed by atoms with van der Waals surface area (Å²) in [6.45, 7) is 2.26. The van der Waals surface area contributed by atoms with Gasteiger partial charge in [0.15, 0.2) is 0 Å². The molecular formula is C25H18BrFN2O4. The van der Waals surface area contributed by atoms with Crippen molar-refractivity contribution in [3.8, 4) is 5.75 Å². The van der Waals surface area contributed by atoms with Crippen molar-refractivity contribution in [2.24, 2.45) is 0 Å². The molecule has 33 heavy (non-hydrogen) atoms. The Hall–Kier alpha value is -3.78. The van der Waals surface area contributed by atoms with Crippen molar-refractivity contribution in [1.29, 1.82) is 0 Å². The lowest BCUT2D eigenvalue weighted by atomic mass is 10.1. The van der Waals surface area contributed by atoms with Crippen LogP contribution in [-0.4, -0.2) is 17.8 Å². The number of amides is 4. The molecule has 0 aromatic heterocycles. The lowest BCUT2D eigenvalue weighted by molar-refractivity contribution is -0.122. The normalized spacial score (nSPS) is 15.1. The molecule has 3 aromatic carbocycles. The van der Waals surface area contributed by atoms with Crippen molar-refractivity contribution in [2.75, 3.05) is 4.90 Å². The number of hydrogen-bond donors (Lipinski definition) is 1. The molecule has 1 saturated heterocycles. The van der Waals surface area contributed by atoms with Crippen LogP contribution in [0.2, 0.25) is 0 Å². The lowest BCUT2D eigenvalue weighted by Gasteiger charge is -2.26. The zero-order chi connectivity index (χ0) is 23.5. The minimum Gasteiger partial charge on any atom is -0.488 e. The summed E-state index contributed by atoms with van der Waals surface area (Å²) in [4.78, 5) is 38.5. The van der Waals surface area contributed by atoms with Crippen LogP contribution in [0, 0.1) is 12.7 Å². The van der Waals surface area contributed by atoms with E-state index in [1.165, 1.54) is 24.3 Å². The first-order valence-corrected chi connectivity index (χ1v) is 10.8. The maximum Gasteiger partial charge on any atom is 0.336 e. The molecule has 0 saturated carbocycles. The molecule has 4 rings (SSSR count). The molecule has 166 valence electrons. The predicted molar refractivity (Wildman–Crippen MR) is 125 cm³/mol. The smallest absolute Gasteiger partial charge is 0.336 e. The number of nitrogens with one attached hydrogen (secondary N) is 1. The number of benzene rings is 3. The monoisotopic (exact) mass is 508 g/mol. The van der Waals surface area contributed by atoms with Gasteiger partial charge in [0, 0.05) is 10.0 Å². The van der Waals surface area contributed by atoms with Crippen molar-refractivity contribution < 1.29 is 23.5 Å². The van der Waals surface area contributed by atoms with Gasteiger partial charge in [-0.2, -0.15) is 0 Å². The summed E-state index contributed by atoms with van der Waals surface area (Å²) in [7, 11) is 0. The minimum absolute atomic E-state index is 0.247. The van der Waals surface area contributed by atoms with Gasteiger partial charge in [-0.1, -0.05) is 57.9 Å². The molecule has 0 atom stereocenters. The average molecular weight is 509 g/mol. The fourth-order valence-electron chi connectivity index (χ4n) is 3.39. The Bertz CT molecular complexity index is 1310. The van der Waals surface area contributed by atoms with Gasteiger partial charge in [0.05, 0.1) is 5.69 Å². The van der Waals surface area contributed by atoms with Crippen LogP contribution >= 0.6 is 15.9 Å². The number of ether oxygens (including phenoxy) is 1. The van der Waals surface area contributed by atoms with E-state index in [0.29, 0.717) is 20.7 Å². The molecule has 0 spiro atoms. The highest BCUT2D eigenvalue weighted by atomic mass is 79.9. The Balaban J connectivity index is 1.69. The molecule has 8 heteroatoms. The summed E-state index contributed by atoms with van der Waals surface area (Å²) in [5.41, 5.74) is 1.93. The summed E-state index contributed by atoms with van der Waals surface area (Å²) in [6.07, 6.45) is 1.33. The topological polar surface area (TPSA) is 75.7 Å². The number of urea groups is 1. The van der Waals surface area contributed by atoms with Gasteiger partial charge in [-0.15, -0.1) is 0 Å². The zero-order valence-electron chi connectivity index (χ0n) is 17.5. The molecule has 1 N–H and O–H groups in total. The van der Waals surface area contributed by atoms with E-state index in [1.807, 2.05) is 31.2 Å². The van der Waals surface area contributed by atoms with Gasteiger partial charge < -0.3 is 4.74 Å². The molecule has 0 bridgehead atoms. The number of halogens is 2. The standard InChI is InChI=1S/C25H18BrFN2O4/c1-15-5-4-6-16(11-15)14-33-22-10-9-18(26)12-17(22)13-19-23(30)28-25(32)29(24(19)31)21-8-3-2-7-20(21)27/h2-13H,14H2,1H3,(H,28,30,32)/b19-13-. The van der Waals surface area contributed by atoms with E-state index >= 15 is 0 Å². The van der Waals surface area contributed by atoms with Crippen LogP contribution < -0.4 is 15.0 Å². The summed E-state index contributed by atoms with van der Waals surface area (Å²) < 4.78 is 20.9. The van der Waals surface area contributed by atoms with Gasteiger partial charge in [-0.05, 0) is 48.9 Å². The van der Waals surface area contributed by atoms with Crippen LogP contribution in [0.5, 0.6) is 5.75 Å². The van der Waals surface area contributed by atoms with Gasteiger partial charge in [-0.3, -0.25) is 14.9 Å². The van der Waals surface area contributed by atoms with Crippen LogP contribution in [0.25, 0.3) is 6.08 Å². The number of aryl methyl sites for hydroxylation is 1. The number of rotatable bonds is 5. The van der Waals surface area contributed by atoms with Crippen molar-refractivity contribution in [1.82, 2.24) is 5.32 Å². The van der Waals surface area contributed by atoms with E-state index < -0.39 is 23.7 Å². The first kappa shape index (κ1) is 22.4. The number of para-hydroxylation sites is 1. The Morgan fingerprint density at radius 2 is 1.82 bits per heavy atom. The number of barbiturate groups is 1. The predicted octanol–water partition coefficient (Wildman–Crippen LogP) is 5.14. The molecule has 3 aromatic rings. The maximum atomic E-state index is 14.3. The Morgan fingerprint density at radius 1 is 1.03 bits per heavy atom. The van der Waals surface area contributed by atoms with E-state index in [2.05, 4.69) is 21.2 Å². The van der Waals surface area contributed by atoms with Crippen LogP contribution in [0.4, 0.5) is 14.9 Å². The van der Waals surface area contributed by atoms with Crippen molar-refractivity contribution in [2.45, 2.75) is 13.5 Å². The number of anilines is 1. The maximum absolute atomic E-state index is 14.3. The third kappa shape index (κ3) is 4.85. The average Bonchev–Trinajstić information content (AvgIpc) is 2.77. The van der Waals surface area contributed by atoms with Crippen molar-refractivity contribution >= 4 is 45.5 Å². The molecule has 0 radical (unpaired) electrons. The van der Waals surface area contributed by atoms with Crippen LogP contribution in [0.3, 0.4) is 0 Å². The fraction of sp³-hybridized carbons (Fsp3) is 0.0800. The zero-order valence-corrected chi connectivity index (χ0v) is 19.1. The Kier molecular flexibility index (Phi) is 6.37. The van der Waals surface area contributed by atoms with Crippen molar-refractivity contribution in [3.05, 3.63) is 99.3 Å². The van der Waals surface area contributed by atoms with Gasteiger partial charge in [0.25, 0.3) is 11.8 Å². The highest BCUT2D eigenvalue weighted by Crippen LogP contribution is 2.29. The second-order valence-corrected chi connectivity index (χ2v) is 8.28. The third-order valence-corrected chi connectivity index (χ3v) is 5.44. The molecule has 0 unspecified atom stereocenters. The second kappa shape index (κ2) is 9.38. The quantitative estimate of drug-likeness (QED) is 0.382. The molecule has 4 amide bonds. The highest BCUT2D eigenvalue weighted by Gasteiger charge is 2.38. The molecule has 6 nitrogen and oxygen atoms in total. The number of hydrogen-bond acceptors (Lipinski definition) is 4. The van der Waals surface area contributed by atoms with Gasteiger partial charge in [0.1, 0.15) is 23.7 Å². The van der Waals surface area contributed by atoms with Crippen molar-refractivity contribution in [3.63, 3.8) is 0 Å². The minimum atomic E-state index is -1.02. The Morgan fingerprint density at radius 3 is 2.58 bits per heavy atom. The fourth-order valence-corrected chi connectivity index (χ4v) is 3.77. The molecular weight excluding hydrogens is 491 g/mol. The van der Waals surface area contributed by atoms with Crippen LogP contribution in [0.1, 0.15) is 16.7 Å².